The summed E-state index contributed by atoms with van der Waals surface area (Å²) >= 11 is 6.31. The molecule has 1 heterocycles. The van der Waals surface area contributed by atoms with Gasteiger partial charge in [-0.05, 0) is 42.5 Å². The van der Waals surface area contributed by atoms with Crippen molar-refractivity contribution in [2.75, 3.05) is 5.32 Å². The molecule has 0 unspecified atom stereocenters. The van der Waals surface area contributed by atoms with Crippen molar-refractivity contribution in [1.29, 1.82) is 0 Å². The molecule has 2 aliphatic rings. The molecular formula is C19H18ClF2N3O. The van der Waals surface area contributed by atoms with E-state index in [1.807, 2.05) is 19.1 Å². The number of carbonyl (C=O) groups excluding carboxylic acids is 1. The molecule has 0 saturated heterocycles. The number of benzene rings is 1. The molecule has 1 N–H and O–H groups in total. The molecule has 1 aromatic heterocycles. The molecule has 0 aliphatic heterocycles. The van der Waals surface area contributed by atoms with Crippen molar-refractivity contribution < 1.29 is 13.6 Å². The number of carbonyl (C=O) groups is 1. The van der Waals surface area contributed by atoms with Crippen molar-refractivity contribution in [2.45, 2.75) is 38.0 Å². The van der Waals surface area contributed by atoms with Crippen LogP contribution in [0.5, 0.6) is 0 Å². The van der Waals surface area contributed by atoms with Crippen LogP contribution < -0.4 is 5.32 Å². The van der Waals surface area contributed by atoms with Crippen LogP contribution >= 0.6 is 11.6 Å². The first-order chi connectivity index (χ1) is 12.4. The van der Waals surface area contributed by atoms with Crippen LogP contribution in [0.25, 0.3) is 0 Å². The number of alkyl halides is 2. The molecule has 2 atom stereocenters. The summed E-state index contributed by atoms with van der Waals surface area (Å²) in [5.74, 6) is -0.0930. The van der Waals surface area contributed by atoms with Gasteiger partial charge in [-0.2, -0.15) is 5.10 Å². The molecule has 1 aromatic carbocycles. The molecule has 2 bridgehead atoms. The van der Waals surface area contributed by atoms with Gasteiger partial charge in [0.2, 0.25) is 0 Å². The standard InChI is InChI=1S/C19H18ClF2N3O/c1-9(20)15-11-6-7-12(15)16-10(11)4-3-5-14(16)23-19(26)13-8-25(2)24-17(13)18(21)22/h3-5,8,11-12,18H,6-7H2,1-2H3,(H,23,26)/b15-9+/t11-,12-/m1/s1. The lowest BCUT2D eigenvalue weighted by atomic mass is 9.90. The van der Waals surface area contributed by atoms with Gasteiger partial charge in [0.1, 0.15) is 5.69 Å². The summed E-state index contributed by atoms with van der Waals surface area (Å²) in [6.07, 6.45) is 0.550. The van der Waals surface area contributed by atoms with Crippen molar-refractivity contribution in [1.82, 2.24) is 9.78 Å². The molecule has 7 heteroatoms. The van der Waals surface area contributed by atoms with Crippen LogP contribution in [-0.4, -0.2) is 15.7 Å². The van der Waals surface area contributed by atoms with E-state index in [1.165, 1.54) is 29.1 Å². The summed E-state index contributed by atoms with van der Waals surface area (Å²) in [6, 6.07) is 5.76. The number of aryl methyl sites for hydroxylation is 1. The summed E-state index contributed by atoms with van der Waals surface area (Å²) < 4.78 is 27.5. The van der Waals surface area contributed by atoms with Crippen LogP contribution in [0.2, 0.25) is 0 Å². The first-order valence-corrected chi connectivity index (χ1v) is 8.88. The van der Waals surface area contributed by atoms with Crippen molar-refractivity contribution >= 4 is 23.2 Å². The summed E-state index contributed by atoms with van der Waals surface area (Å²) in [7, 11) is 1.52. The Morgan fingerprint density at radius 1 is 1.35 bits per heavy atom. The maximum Gasteiger partial charge on any atom is 0.282 e. The average molecular weight is 378 g/mol. The number of anilines is 1. The van der Waals surface area contributed by atoms with E-state index in [0.717, 1.165) is 23.4 Å². The van der Waals surface area contributed by atoms with Crippen LogP contribution in [0.4, 0.5) is 14.5 Å². The quantitative estimate of drug-likeness (QED) is 0.809. The predicted octanol–water partition coefficient (Wildman–Crippen LogP) is 5.10. The lowest BCUT2D eigenvalue weighted by Crippen LogP contribution is -2.16. The molecule has 26 heavy (non-hydrogen) atoms. The first kappa shape index (κ1) is 17.2. The summed E-state index contributed by atoms with van der Waals surface area (Å²) in [5.41, 5.74) is 3.52. The molecule has 136 valence electrons. The summed E-state index contributed by atoms with van der Waals surface area (Å²) in [6.45, 7) is 1.90. The molecule has 1 amide bonds. The van der Waals surface area contributed by atoms with Gasteiger partial charge in [0.05, 0.1) is 5.56 Å². The molecule has 4 rings (SSSR count). The minimum Gasteiger partial charge on any atom is -0.322 e. The van der Waals surface area contributed by atoms with E-state index in [2.05, 4.69) is 16.5 Å². The van der Waals surface area contributed by atoms with Gasteiger partial charge >= 0.3 is 0 Å². The van der Waals surface area contributed by atoms with Crippen molar-refractivity contribution in [3.05, 3.63) is 57.4 Å². The SMILES string of the molecule is C/C(Cl)=C1\[C@H]2CC[C@@H]1c1cccc(NC(=O)c3cn(C)nc3C(F)F)c12. The highest BCUT2D eigenvalue weighted by Gasteiger charge is 2.43. The highest BCUT2D eigenvalue weighted by molar-refractivity contribution is 6.29. The van der Waals surface area contributed by atoms with Gasteiger partial charge < -0.3 is 5.32 Å². The van der Waals surface area contributed by atoms with Crippen LogP contribution in [0.15, 0.2) is 35.0 Å². The number of nitrogens with one attached hydrogen (secondary N) is 1. The zero-order valence-electron chi connectivity index (χ0n) is 14.4. The Labute approximate surface area is 154 Å². The van der Waals surface area contributed by atoms with Gasteiger partial charge in [0.15, 0.2) is 0 Å². The molecule has 0 radical (unpaired) electrons. The number of rotatable bonds is 3. The van der Waals surface area contributed by atoms with E-state index in [-0.39, 0.29) is 11.5 Å². The fourth-order valence-corrected chi connectivity index (χ4v) is 4.67. The zero-order valence-corrected chi connectivity index (χ0v) is 15.1. The third-order valence-corrected chi connectivity index (χ3v) is 5.53. The number of fused-ring (bicyclic) bond motifs is 5. The highest BCUT2D eigenvalue weighted by Crippen LogP contribution is 2.60. The van der Waals surface area contributed by atoms with Gasteiger partial charge in [-0.15, -0.1) is 0 Å². The minimum absolute atomic E-state index is 0.104. The number of nitrogens with zero attached hydrogens (tertiary/aromatic N) is 2. The Hall–Kier alpha value is -2.21. The largest absolute Gasteiger partial charge is 0.322 e. The first-order valence-electron chi connectivity index (χ1n) is 8.50. The predicted molar refractivity (Wildman–Crippen MR) is 95.8 cm³/mol. The zero-order chi connectivity index (χ0) is 18.6. The Kier molecular flexibility index (Phi) is 4.10. The van der Waals surface area contributed by atoms with Crippen LogP contribution in [0, 0.1) is 0 Å². The summed E-state index contributed by atoms with van der Waals surface area (Å²) in [5, 5.41) is 7.32. The van der Waals surface area contributed by atoms with Crippen LogP contribution in [-0.2, 0) is 7.05 Å². The Bertz CT molecular complexity index is 931. The lowest BCUT2D eigenvalue weighted by molar-refractivity contribution is 0.101. The summed E-state index contributed by atoms with van der Waals surface area (Å²) in [4.78, 5) is 12.6. The lowest BCUT2D eigenvalue weighted by Gasteiger charge is -2.18. The Balaban J connectivity index is 1.71. The van der Waals surface area contributed by atoms with Crippen molar-refractivity contribution in [3.8, 4) is 0 Å². The van der Waals surface area contributed by atoms with Gasteiger partial charge in [0, 0.05) is 35.8 Å². The number of hydrogen-bond donors (Lipinski definition) is 1. The number of allylic oxidation sites excluding steroid dienone is 2. The van der Waals surface area contributed by atoms with E-state index in [0.29, 0.717) is 11.6 Å². The third kappa shape index (κ3) is 2.55. The molecule has 0 spiro atoms. The number of amides is 1. The van der Waals surface area contributed by atoms with Crippen molar-refractivity contribution in [2.24, 2.45) is 7.05 Å². The Morgan fingerprint density at radius 3 is 2.77 bits per heavy atom. The second-order valence-corrected chi connectivity index (χ2v) is 7.40. The molecule has 2 aromatic rings. The third-order valence-electron chi connectivity index (χ3n) is 5.31. The van der Waals surface area contributed by atoms with Crippen molar-refractivity contribution in [3.63, 3.8) is 0 Å². The van der Waals surface area contributed by atoms with E-state index < -0.39 is 18.0 Å². The van der Waals surface area contributed by atoms with E-state index in [4.69, 9.17) is 11.6 Å². The number of halogens is 3. The van der Waals surface area contributed by atoms with Gasteiger partial charge in [-0.25, -0.2) is 8.78 Å². The fraction of sp³-hybridized carbons (Fsp3) is 0.368. The molecular weight excluding hydrogens is 360 g/mol. The minimum atomic E-state index is -2.80. The van der Waals surface area contributed by atoms with E-state index in [9.17, 15) is 13.6 Å². The maximum absolute atomic E-state index is 13.1. The monoisotopic (exact) mass is 377 g/mol. The second kappa shape index (κ2) is 6.20. The maximum atomic E-state index is 13.1. The molecule has 1 saturated carbocycles. The molecule has 4 nitrogen and oxygen atoms in total. The number of aromatic nitrogens is 2. The smallest absolute Gasteiger partial charge is 0.282 e. The molecule has 1 fully saturated rings. The van der Waals surface area contributed by atoms with Crippen LogP contribution in [0.1, 0.15) is 65.2 Å². The average Bonchev–Trinajstić information content (AvgIpc) is 3.26. The topological polar surface area (TPSA) is 46.9 Å². The second-order valence-electron chi connectivity index (χ2n) is 6.84. The normalized spacial score (nSPS) is 22.7. The number of hydrogen-bond acceptors (Lipinski definition) is 2. The Morgan fingerprint density at radius 2 is 2.08 bits per heavy atom. The highest BCUT2D eigenvalue weighted by atomic mass is 35.5. The molecule has 2 aliphatic carbocycles. The van der Waals surface area contributed by atoms with E-state index in [1.54, 1.807) is 0 Å². The van der Waals surface area contributed by atoms with Gasteiger partial charge in [-0.1, -0.05) is 23.7 Å². The van der Waals surface area contributed by atoms with Crippen LogP contribution in [0.3, 0.4) is 0 Å². The van der Waals surface area contributed by atoms with Gasteiger partial charge in [0.25, 0.3) is 12.3 Å². The fourth-order valence-electron chi connectivity index (χ4n) is 4.41. The van der Waals surface area contributed by atoms with Gasteiger partial charge in [-0.3, -0.25) is 9.48 Å². The van der Waals surface area contributed by atoms with E-state index >= 15 is 0 Å².